The van der Waals surface area contributed by atoms with Gasteiger partial charge in [-0.1, -0.05) is 18.2 Å². The highest BCUT2D eigenvalue weighted by atomic mass is 16.6. The lowest BCUT2D eigenvalue weighted by molar-refractivity contribution is -0.131. The van der Waals surface area contributed by atoms with E-state index in [4.69, 9.17) is 9.47 Å². The van der Waals surface area contributed by atoms with Crippen LogP contribution in [0.4, 0.5) is 0 Å². The number of hydrogen-bond donors (Lipinski definition) is 1. The molecule has 0 aliphatic carbocycles. The van der Waals surface area contributed by atoms with E-state index in [-0.39, 0.29) is 17.9 Å². The summed E-state index contributed by atoms with van der Waals surface area (Å²) in [5.74, 6) is 1.99. The number of amides is 1. The van der Waals surface area contributed by atoms with Crippen LogP contribution >= 0.6 is 0 Å². The summed E-state index contributed by atoms with van der Waals surface area (Å²) < 4.78 is 11.2. The van der Waals surface area contributed by atoms with Crippen molar-refractivity contribution < 1.29 is 14.3 Å². The number of aryl methyl sites for hydroxylation is 1. The van der Waals surface area contributed by atoms with E-state index in [1.54, 1.807) is 23.1 Å². The number of hydrogen-bond acceptors (Lipinski definition) is 5. The van der Waals surface area contributed by atoms with Crippen LogP contribution in [0, 0.1) is 0 Å². The molecule has 0 atom stereocenters. The maximum absolute atomic E-state index is 12.7. The summed E-state index contributed by atoms with van der Waals surface area (Å²) in [6, 6.07) is 12.9. The minimum Gasteiger partial charge on any atom is -0.486 e. The number of para-hydroxylation sites is 1. The summed E-state index contributed by atoms with van der Waals surface area (Å²) in [5.41, 5.74) is 1.45. The van der Waals surface area contributed by atoms with Gasteiger partial charge < -0.3 is 19.4 Å². The fourth-order valence-electron chi connectivity index (χ4n) is 3.42. The quantitative estimate of drug-likeness (QED) is 0.696. The zero-order valence-electron chi connectivity index (χ0n) is 16.3. The Kier molecular flexibility index (Phi) is 5.46. The standard InChI is InChI=1S/C22H23N3O4/c1-2-25(14-15-7-8-18-19(13-15)29-12-11-28-18)21(26)10-9-20-23-17-6-4-3-5-16(17)22(27)24-20/h3-8,13H,2,9-12,14H2,1H3,(H,23,24,27). The molecule has 29 heavy (non-hydrogen) atoms. The molecule has 1 aliphatic heterocycles. The minimum atomic E-state index is -0.179. The molecule has 1 aromatic heterocycles. The Labute approximate surface area is 168 Å². The van der Waals surface area contributed by atoms with Gasteiger partial charge in [0.15, 0.2) is 11.5 Å². The number of nitrogens with one attached hydrogen (secondary N) is 1. The predicted molar refractivity (Wildman–Crippen MR) is 109 cm³/mol. The number of carbonyl (C=O) groups excluding carboxylic acids is 1. The highest BCUT2D eigenvalue weighted by Crippen LogP contribution is 2.31. The van der Waals surface area contributed by atoms with E-state index in [2.05, 4.69) is 9.97 Å². The monoisotopic (exact) mass is 393 g/mol. The van der Waals surface area contributed by atoms with Crippen LogP contribution in [0.2, 0.25) is 0 Å². The van der Waals surface area contributed by atoms with Crippen LogP contribution in [-0.4, -0.2) is 40.5 Å². The van der Waals surface area contributed by atoms with Crippen molar-refractivity contribution in [3.63, 3.8) is 0 Å². The molecule has 7 nitrogen and oxygen atoms in total. The van der Waals surface area contributed by atoms with Crippen LogP contribution in [0.3, 0.4) is 0 Å². The largest absolute Gasteiger partial charge is 0.486 e. The summed E-state index contributed by atoms with van der Waals surface area (Å²) in [6.07, 6.45) is 0.663. The van der Waals surface area contributed by atoms with Crippen molar-refractivity contribution in [2.75, 3.05) is 19.8 Å². The fraction of sp³-hybridized carbons (Fsp3) is 0.318. The molecule has 0 saturated heterocycles. The second-order valence-corrected chi connectivity index (χ2v) is 6.92. The molecule has 7 heteroatoms. The van der Waals surface area contributed by atoms with Gasteiger partial charge in [0, 0.05) is 25.9 Å². The Balaban J connectivity index is 1.42. The molecule has 0 unspecified atom stereocenters. The molecule has 0 bridgehead atoms. The molecule has 1 N–H and O–H groups in total. The van der Waals surface area contributed by atoms with E-state index in [1.165, 1.54) is 0 Å². The number of aromatic nitrogens is 2. The van der Waals surface area contributed by atoms with Crippen molar-refractivity contribution in [2.24, 2.45) is 0 Å². The lowest BCUT2D eigenvalue weighted by Gasteiger charge is -2.23. The zero-order valence-corrected chi connectivity index (χ0v) is 16.3. The normalized spacial score (nSPS) is 12.7. The lowest BCUT2D eigenvalue weighted by Crippen LogP contribution is -2.30. The summed E-state index contributed by atoms with van der Waals surface area (Å²) >= 11 is 0. The Morgan fingerprint density at radius 1 is 1.14 bits per heavy atom. The van der Waals surface area contributed by atoms with E-state index in [9.17, 15) is 9.59 Å². The fourth-order valence-corrected chi connectivity index (χ4v) is 3.42. The molecule has 2 aromatic carbocycles. The number of nitrogens with zero attached hydrogens (tertiary/aromatic N) is 2. The molecular weight excluding hydrogens is 370 g/mol. The van der Waals surface area contributed by atoms with Gasteiger partial charge in [-0.3, -0.25) is 9.59 Å². The van der Waals surface area contributed by atoms with Gasteiger partial charge in [0.2, 0.25) is 5.91 Å². The average molecular weight is 393 g/mol. The van der Waals surface area contributed by atoms with Gasteiger partial charge in [-0.25, -0.2) is 4.98 Å². The van der Waals surface area contributed by atoms with Crippen LogP contribution in [0.15, 0.2) is 47.3 Å². The third-order valence-electron chi connectivity index (χ3n) is 4.95. The molecule has 1 amide bonds. The number of aromatic amines is 1. The SMILES string of the molecule is CCN(Cc1ccc2c(c1)OCCO2)C(=O)CCc1nc2ccccc2c(=O)[nH]1. The molecule has 1 aliphatic rings. The minimum absolute atomic E-state index is 0.0122. The van der Waals surface area contributed by atoms with Crippen LogP contribution in [0.25, 0.3) is 10.9 Å². The second kappa shape index (κ2) is 8.34. The van der Waals surface area contributed by atoms with Gasteiger partial charge in [-0.15, -0.1) is 0 Å². The van der Waals surface area contributed by atoms with Crippen LogP contribution < -0.4 is 15.0 Å². The number of H-pyrrole nitrogens is 1. The van der Waals surface area contributed by atoms with Crippen molar-refractivity contribution in [1.82, 2.24) is 14.9 Å². The lowest BCUT2D eigenvalue weighted by atomic mass is 10.1. The van der Waals surface area contributed by atoms with Crippen LogP contribution in [0.5, 0.6) is 11.5 Å². The first-order valence-corrected chi connectivity index (χ1v) is 9.78. The number of rotatable bonds is 6. The van der Waals surface area contributed by atoms with Crippen molar-refractivity contribution in [2.45, 2.75) is 26.3 Å². The van der Waals surface area contributed by atoms with Crippen LogP contribution in [0.1, 0.15) is 24.7 Å². The molecule has 0 fully saturated rings. The first-order chi connectivity index (χ1) is 14.1. The van der Waals surface area contributed by atoms with E-state index >= 15 is 0 Å². The van der Waals surface area contributed by atoms with Gasteiger partial charge in [-0.05, 0) is 36.8 Å². The molecule has 150 valence electrons. The molecule has 0 saturated carbocycles. The highest BCUT2D eigenvalue weighted by Gasteiger charge is 2.16. The highest BCUT2D eigenvalue weighted by molar-refractivity contribution is 5.78. The van der Waals surface area contributed by atoms with E-state index in [1.807, 2.05) is 31.2 Å². The van der Waals surface area contributed by atoms with Gasteiger partial charge in [-0.2, -0.15) is 0 Å². The topological polar surface area (TPSA) is 84.5 Å². The Bertz CT molecular complexity index is 1090. The van der Waals surface area contributed by atoms with Crippen LogP contribution in [-0.2, 0) is 17.8 Å². The molecule has 0 spiro atoms. The number of benzene rings is 2. The third kappa shape index (κ3) is 4.23. The maximum atomic E-state index is 12.7. The first-order valence-electron chi connectivity index (χ1n) is 9.78. The van der Waals surface area contributed by atoms with E-state index < -0.39 is 0 Å². The maximum Gasteiger partial charge on any atom is 0.258 e. The van der Waals surface area contributed by atoms with Crippen molar-refractivity contribution in [3.05, 3.63) is 64.2 Å². The molecule has 2 heterocycles. The molecule has 0 radical (unpaired) electrons. The smallest absolute Gasteiger partial charge is 0.258 e. The van der Waals surface area contributed by atoms with Gasteiger partial charge in [0.05, 0.1) is 10.9 Å². The summed E-state index contributed by atoms with van der Waals surface area (Å²) in [5, 5.41) is 0.552. The molecular formula is C22H23N3O4. The zero-order chi connectivity index (χ0) is 20.2. The van der Waals surface area contributed by atoms with Gasteiger partial charge in [0.1, 0.15) is 19.0 Å². The van der Waals surface area contributed by atoms with Crippen molar-refractivity contribution in [1.29, 1.82) is 0 Å². The second-order valence-electron chi connectivity index (χ2n) is 6.92. The van der Waals surface area contributed by atoms with Gasteiger partial charge >= 0.3 is 0 Å². The Morgan fingerprint density at radius 2 is 1.93 bits per heavy atom. The van der Waals surface area contributed by atoms with E-state index in [0.29, 0.717) is 49.5 Å². The third-order valence-corrected chi connectivity index (χ3v) is 4.95. The molecule has 3 aromatic rings. The Hall–Kier alpha value is -3.35. The van der Waals surface area contributed by atoms with Crippen molar-refractivity contribution in [3.8, 4) is 11.5 Å². The Morgan fingerprint density at radius 3 is 2.76 bits per heavy atom. The summed E-state index contributed by atoms with van der Waals surface area (Å²) in [4.78, 5) is 33.9. The predicted octanol–water partition coefficient (Wildman–Crippen LogP) is 2.68. The number of fused-ring (bicyclic) bond motifs is 2. The first kappa shape index (κ1) is 19.0. The van der Waals surface area contributed by atoms with E-state index in [0.717, 1.165) is 17.1 Å². The summed E-state index contributed by atoms with van der Waals surface area (Å²) in [7, 11) is 0. The average Bonchev–Trinajstić information content (AvgIpc) is 2.75. The van der Waals surface area contributed by atoms with Gasteiger partial charge in [0.25, 0.3) is 5.56 Å². The molecule has 4 rings (SSSR count). The summed E-state index contributed by atoms with van der Waals surface area (Å²) in [6.45, 7) is 4.12. The van der Waals surface area contributed by atoms with Crippen molar-refractivity contribution >= 4 is 16.8 Å². The number of carbonyl (C=O) groups is 1. The number of ether oxygens (including phenoxy) is 2.